The number of benzene rings is 1. The third-order valence-electron chi connectivity index (χ3n) is 2.72. The van der Waals surface area contributed by atoms with Crippen LogP contribution in [0.4, 0.5) is 13.2 Å². The molecular weight excluding hydrogens is 277 g/mol. The first kappa shape index (κ1) is 13.9. The fraction of sp³-hybridized carbons (Fsp3) is 0.167. The van der Waals surface area contributed by atoms with Crippen molar-refractivity contribution in [1.29, 1.82) is 0 Å². The molecule has 2 rings (SSSR count). The number of nitrogens with zero attached hydrogens (tertiary/aromatic N) is 1. The van der Waals surface area contributed by atoms with Gasteiger partial charge in [-0.25, -0.2) is 9.48 Å². The number of rotatable bonds is 3. The van der Waals surface area contributed by atoms with Gasteiger partial charge in [-0.3, -0.25) is 4.79 Å². The SMILES string of the molecule is O=C(O)c1c[nH]n(Cc2ccccc2C(F)(F)F)c1=O. The van der Waals surface area contributed by atoms with Crippen molar-refractivity contribution in [3.05, 3.63) is 57.5 Å². The summed E-state index contributed by atoms with van der Waals surface area (Å²) in [6.07, 6.45) is -3.59. The first-order valence-electron chi connectivity index (χ1n) is 5.47. The molecule has 0 aliphatic rings. The Hall–Kier alpha value is -2.51. The number of halogens is 3. The monoisotopic (exact) mass is 286 g/mol. The number of carbonyl (C=O) groups is 1. The van der Waals surface area contributed by atoms with Crippen LogP contribution in [0, 0.1) is 0 Å². The number of aromatic amines is 1. The van der Waals surface area contributed by atoms with Gasteiger partial charge in [0.1, 0.15) is 5.56 Å². The molecule has 106 valence electrons. The normalized spacial score (nSPS) is 11.6. The molecule has 8 heteroatoms. The van der Waals surface area contributed by atoms with E-state index in [1.165, 1.54) is 18.2 Å². The van der Waals surface area contributed by atoms with Crippen LogP contribution < -0.4 is 5.56 Å². The van der Waals surface area contributed by atoms with Crippen LogP contribution >= 0.6 is 0 Å². The van der Waals surface area contributed by atoms with E-state index in [0.717, 1.165) is 16.9 Å². The quantitative estimate of drug-likeness (QED) is 0.905. The molecule has 0 saturated carbocycles. The number of H-pyrrole nitrogens is 1. The topological polar surface area (TPSA) is 75.1 Å². The number of alkyl halides is 3. The molecule has 0 atom stereocenters. The summed E-state index contributed by atoms with van der Waals surface area (Å²) in [4.78, 5) is 22.3. The first-order chi connectivity index (χ1) is 9.30. The van der Waals surface area contributed by atoms with Gasteiger partial charge < -0.3 is 10.2 Å². The van der Waals surface area contributed by atoms with Crippen molar-refractivity contribution in [3.8, 4) is 0 Å². The molecule has 2 N–H and O–H groups in total. The summed E-state index contributed by atoms with van der Waals surface area (Å²) < 4.78 is 39.2. The van der Waals surface area contributed by atoms with Crippen molar-refractivity contribution in [2.45, 2.75) is 12.7 Å². The second-order valence-corrected chi connectivity index (χ2v) is 4.04. The predicted molar refractivity (Wildman–Crippen MR) is 62.6 cm³/mol. The molecule has 0 unspecified atom stereocenters. The number of carboxylic acid groups (broad SMARTS) is 1. The van der Waals surface area contributed by atoms with Gasteiger partial charge in [-0.05, 0) is 11.6 Å². The van der Waals surface area contributed by atoms with Gasteiger partial charge in [0.15, 0.2) is 0 Å². The minimum atomic E-state index is -4.54. The summed E-state index contributed by atoms with van der Waals surface area (Å²) in [5.74, 6) is -1.44. The largest absolute Gasteiger partial charge is 0.477 e. The number of aromatic carboxylic acids is 1. The number of nitrogens with one attached hydrogen (secondary N) is 1. The van der Waals surface area contributed by atoms with E-state index in [-0.39, 0.29) is 12.1 Å². The molecule has 20 heavy (non-hydrogen) atoms. The van der Waals surface area contributed by atoms with Gasteiger partial charge in [0.25, 0.3) is 5.56 Å². The van der Waals surface area contributed by atoms with Crippen LogP contribution in [0.2, 0.25) is 0 Å². The Kier molecular flexibility index (Phi) is 3.39. The van der Waals surface area contributed by atoms with Crippen LogP contribution in [0.3, 0.4) is 0 Å². The van der Waals surface area contributed by atoms with Crippen LogP contribution in [0.5, 0.6) is 0 Å². The fourth-order valence-electron chi connectivity index (χ4n) is 1.78. The Bertz CT molecular complexity index is 700. The molecule has 0 amide bonds. The van der Waals surface area contributed by atoms with Crippen LogP contribution in [-0.4, -0.2) is 20.9 Å². The Morgan fingerprint density at radius 2 is 1.95 bits per heavy atom. The van der Waals surface area contributed by atoms with Gasteiger partial charge >= 0.3 is 12.1 Å². The summed E-state index contributed by atoms with van der Waals surface area (Å²) in [6.45, 7) is -0.387. The second-order valence-electron chi connectivity index (χ2n) is 4.04. The number of carboxylic acids is 1. The highest BCUT2D eigenvalue weighted by Crippen LogP contribution is 2.31. The molecule has 1 aromatic heterocycles. The Morgan fingerprint density at radius 1 is 1.30 bits per heavy atom. The third kappa shape index (κ3) is 2.58. The molecule has 0 aliphatic heterocycles. The molecule has 0 fully saturated rings. The van der Waals surface area contributed by atoms with E-state index in [2.05, 4.69) is 5.10 Å². The zero-order valence-electron chi connectivity index (χ0n) is 9.94. The van der Waals surface area contributed by atoms with E-state index in [0.29, 0.717) is 0 Å². The molecule has 0 spiro atoms. The maximum absolute atomic E-state index is 12.8. The standard InChI is InChI=1S/C12H9F3N2O3/c13-12(14,15)9-4-2-1-3-7(9)6-17-10(18)8(5-16-17)11(19)20/h1-5,16H,6H2,(H,19,20). The van der Waals surface area contributed by atoms with E-state index in [1.807, 2.05) is 0 Å². The van der Waals surface area contributed by atoms with Gasteiger partial charge in [-0.1, -0.05) is 18.2 Å². The van der Waals surface area contributed by atoms with E-state index in [9.17, 15) is 22.8 Å². The highest BCUT2D eigenvalue weighted by atomic mass is 19.4. The third-order valence-corrected chi connectivity index (χ3v) is 2.72. The lowest BCUT2D eigenvalue weighted by molar-refractivity contribution is -0.138. The van der Waals surface area contributed by atoms with Crippen molar-refractivity contribution in [3.63, 3.8) is 0 Å². The van der Waals surface area contributed by atoms with Gasteiger partial charge in [0.2, 0.25) is 0 Å². The fourth-order valence-corrected chi connectivity index (χ4v) is 1.78. The van der Waals surface area contributed by atoms with Crippen LogP contribution in [0.15, 0.2) is 35.3 Å². The minimum absolute atomic E-state index is 0.124. The molecule has 1 aromatic carbocycles. The van der Waals surface area contributed by atoms with Crippen LogP contribution in [0.25, 0.3) is 0 Å². The smallest absolute Gasteiger partial charge is 0.416 e. The summed E-state index contributed by atoms with van der Waals surface area (Å²) in [5.41, 5.74) is -2.39. The molecule has 5 nitrogen and oxygen atoms in total. The van der Waals surface area contributed by atoms with E-state index < -0.39 is 28.8 Å². The average molecular weight is 286 g/mol. The second kappa shape index (κ2) is 4.87. The minimum Gasteiger partial charge on any atom is -0.477 e. The molecule has 1 heterocycles. The summed E-state index contributed by atoms with van der Waals surface area (Å²) in [5, 5.41) is 11.1. The Labute approximate surface area is 110 Å². The van der Waals surface area contributed by atoms with Crippen molar-refractivity contribution < 1.29 is 23.1 Å². The maximum atomic E-state index is 12.8. The van der Waals surface area contributed by atoms with E-state index >= 15 is 0 Å². The average Bonchev–Trinajstić information content (AvgIpc) is 2.70. The molecular formula is C12H9F3N2O3. The van der Waals surface area contributed by atoms with Crippen LogP contribution in [-0.2, 0) is 12.7 Å². The zero-order valence-corrected chi connectivity index (χ0v) is 9.94. The molecule has 2 aromatic rings. The van der Waals surface area contributed by atoms with Crippen LogP contribution in [0.1, 0.15) is 21.5 Å². The summed E-state index contributed by atoms with van der Waals surface area (Å²) >= 11 is 0. The summed E-state index contributed by atoms with van der Waals surface area (Å²) in [7, 11) is 0. The molecule has 0 bridgehead atoms. The van der Waals surface area contributed by atoms with Crippen molar-refractivity contribution in [1.82, 2.24) is 9.78 Å². The molecule has 0 radical (unpaired) electrons. The van der Waals surface area contributed by atoms with Crippen molar-refractivity contribution in [2.24, 2.45) is 0 Å². The highest BCUT2D eigenvalue weighted by Gasteiger charge is 2.33. The number of aromatic nitrogens is 2. The van der Waals surface area contributed by atoms with Crippen molar-refractivity contribution in [2.75, 3.05) is 0 Å². The molecule has 0 saturated heterocycles. The predicted octanol–water partition coefficient (Wildman–Crippen LogP) is 1.94. The van der Waals surface area contributed by atoms with Gasteiger partial charge in [0.05, 0.1) is 12.1 Å². The maximum Gasteiger partial charge on any atom is 0.416 e. The van der Waals surface area contributed by atoms with Gasteiger partial charge in [-0.2, -0.15) is 13.2 Å². The number of hydrogen-bond acceptors (Lipinski definition) is 2. The lowest BCUT2D eigenvalue weighted by atomic mass is 10.1. The number of hydrogen-bond donors (Lipinski definition) is 2. The van der Waals surface area contributed by atoms with Gasteiger partial charge in [-0.15, -0.1) is 0 Å². The van der Waals surface area contributed by atoms with E-state index in [1.54, 1.807) is 0 Å². The lowest BCUT2D eigenvalue weighted by Crippen LogP contribution is -2.23. The van der Waals surface area contributed by atoms with E-state index in [4.69, 9.17) is 5.11 Å². The molecule has 0 aliphatic carbocycles. The van der Waals surface area contributed by atoms with Crippen molar-refractivity contribution >= 4 is 5.97 Å². The lowest BCUT2D eigenvalue weighted by Gasteiger charge is -2.12. The zero-order chi connectivity index (χ0) is 14.9. The Morgan fingerprint density at radius 3 is 2.50 bits per heavy atom. The first-order valence-corrected chi connectivity index (χ1v) is 5.47. The Balaban J connectivity index is 2.41. The highest BCUT2D eigenvalue weighted by molar-refractivity contribution is 5.86. The van der Waals surface area contributed by atoms with Gasteiger partial charge in [0, 0.05) is 6.20 Å². The summed E-state index contributed by atoms with van der Waals surface area (Å²) in [6, 6.07) is 4.79.